The molecule has 0 radical (unpaired) electrons. The fourth-order valence-electron chi connectivity index (χ4n) is 1.75. The number of pyridine rings is 1. The smallest absolute Gasteiger partial charge is 0.137 e. The van der Waals surface area contributed by atoms with E-state index >= 15 is 0 Å². The topological polar surface area (TPSA) is 68.4 Å². The molecular weight excluding hydrogens is 216 g/mol. The quantitative estimate of drug-likeness (QED) is 0.837. The molecule has 0 aromatic carbocycles. The molecular formula is C13H22N2O2. The lowest BCUT2D eigenvalue weighted by atomic mass is 9.72. The van der Waals surface area contributed by atoms with Crippen LogP contribution in [0.5, 0.6) is 5.75 Å². The number of rotatable bonds is 4. The highest BCUT2D eigenvalue weighted by molar-refractivity contribution is 5.30. The Kier molecular flexibility index (Phi) is 4.11. The van der Waals surface area contributed by atoms with Gasteiger partial charge in [-0.25, -0.2) is 0 Å². The molecule has 3 N–H and O–H groups in total. The van der Waals surface area contributed by atoms with Gasteiger partial charge in [0.05, 0.1) is 12.8 Å². The van der Waals surface area contributed by atoms with E-state index in [2.05, 4.69) is 4.98 Å². The second-order valence-electron chi connectivity index (χ2n) is 5.16. The number of aromatic nitrogens is 1. The van der Waals surface area contributed by atoms with Crippen molar-refractivity contribution in [3.8, 4) is 5.75 Å². The Balaban J connectivity index is 3.16. The van der Waals surface area contributed by atoms with Crippen LogP contribution in [0.3, 0.4) is 0 Å². The molecule has 1 unspecified atom stereocenters. The average Bonchev–Trinajstić information content (AvgIpc) is 2.27. The van der Waals surface area contributed by atoms with Crippen LogP contribution in [0, 0.1) is 5.41 Å². The van der Waals surface area contributed by atoms with Gasteiger partial charge in [0.2, 0.25) is 0 Å². The summed E-state index contributed by atoms with van der Waals surface area (Å²) in [4.78, 5) is 4.09. The molecule has 4 heteroatoms. The predicted octanol–water partition coefficient (Wildman–Crippen LogP) is 1.67. The van der Waals surface area contributed by atoms with Gasteiger partial charge in [0.25, 0.3) is 0 Å². The van der Waals surface area contributed by atoms with Gasteiger partial charge in [0, 0.05) is 18.3 Å². The summed E-state index contributed by atoms with van der Waals surface area (Å²) in [5, 5.41) is 10.7. The maximum absolute atomic E-state index is 10.7. The Labute approximate surface area is 103 Å². The summed E-state index contributed by atoms with van der Waals surface area (Å²) in [6.07, 6.45) is 3.27. The number of hydrogen-bond donors (Lipinski definition) is 2. The van der Waals surface area contributed by atoms with Crippen LogP contribution in [0.1, 0.15) is 33.3 Å². The van der Waals surface area contributed by atoms with Crippen molar-refractivity contribution in [3.05, 3.63) is 24.0 Å². The van der Waals surface area contributed by atoms with Crippen LogP contribution in [0.4, 0.5) is 0 Å². The van der Waals surface area contributed by atoms with E-state index in [1.165, 1.54) is 0 Å². The summed E-state index contributed by atoms with van der Waals surface area (Å²) in [5.74, 6) is 0.654. The predicted molar refractivity (Wildman–Crippen MR) is 67.8 cm³/mol. The molecule has 0 aliphatic heterocycles. The first-order valence-electron chi connectivity index (χ1n) is 5.86. The summed E-state index contributed by atoms with van der Waals surface area (Å²) in [7, 11) is 0. The zero-order valence-corrected chi connectivity index (χ0v) is 11.0. The first-order chi connectivity index (χ1) is 7.85. The molecule has 1 heterocycles. The van der Waals surface area contributed by atoms with Crippen molar-refractivity contribution < 1.29 is 9.84 Å². The van der Waals surface area contributed by atoms with Crippen molar-refractivity contribution in [1.82, 2.24) is 4.98 Å². The van der Waals surface area contributed by atoms with Gasteiger partial charge in [0.15, 0.2) is 0 Å². The van der Waals surface area contributed by atoms with Gasteiger partial charge in [0.1, 0.15) is 11.4 Å². The number of nitrogens with zero attached hydrogens (tertiary/aromatic N) is 1. The maximum Gasteiger partial charge on any atom is 0.137 e. The Morgan fingerprint density at radius 2 is 2.00 bits per heavy atom. The van der Waals surface area contributed by atoms with Gasteiger partial charge in [-0.3, -0.25) is 4.98 Å². The number of ether oxygens (including phenoxy) is 1. The minimum atomic E-state index is -1.10. The lowest BCUT2D eigenvalue weighted by Gasteiger charge is -2.39. The Morgan fingerprint density at radius 1 is 1.35 bits per heavy atom. The molecule has 0 saturated carbocycles. The van der Waals surface area contributed by atoms with Crippen molar-refractivity contribution >= 4 is 0 Å². The third kappa shape index (κ3) is 2.76. The van der Waals surface area contributed by atoms with Crippen molar-refractivity contribution in [2.45, 2.75) is 33.3 Å². The van der Waals surface area contributed by atoms with Gasteiger partial charge in [-0.15, -0.1) is 0 Å². The second kappa shape index (κ2) is 5.02. The molecule has 1 rings (SSSR count). The van der Waals surface area contributed by atoms with Gasteiger partial charge in [-0.05, 0) is 18.4 Å². The van der Waals surface area contributed by atoms with Crippen LogP contribution in [0.2, 0.25) is 0 Å². The largest absolute Gasteiger partial charge is 0.492 e. The van der Waals surface area contributed by atoms with E-state index in [0.29, 0.717) is 17.9 Å². The lowest BCUT2D eigenvalue weighted by molar-refractivity contribution is -0.0561. The van der Waals surface area contributed by atoms with Crippen molar-refractivity contribution in [2.75, 3.05) is 13.2 Å². The molecule has 0 aliphatic carbocycles. The van der Waals surface area contributed by atoms with E-state index in [4.69, 9.17) is 10.5 Å². The molecule has 1 aromatic heterocycles. The third-order valence-corrected chi connectivity index (χ3v) is 3.04. The fourth-order valence-corrected chi connectivity index (χ4v) is 1.75. The molecule has 0 aliphatic rings. The summed E-state index contributed by atoms with van der Waals surface area (Å²) in [5.41, 5.74) is 4.95. The first kappa shape index (κ1) is 13.9. The highest BCUT2D eigenvalue weighted by atomic mass is 16.5. The monoisotopic (exact) mass is 238 g/mol. The van der Waals surface area contributed by atoms with Crippen LogP contribution in [-0.2, 0) is 5.60 Å². The van der Waals surface area contributed by atoms with E-state index in [-0.39, 0.29) is 12.0 Å². The van der Waals surface area contributed by atoms with Gasteiger partial charge >= 0.3 is 0 Å². The normalized spacial score (nSPS) is 15.4. The second-order valence-corrected chi connectivity index (χ2v) is 5.16. The number of hydrogen-bond acceptors (Lipinski definition) is 4. The molecule has 1 atom stereocenters. The average molecular weight is 238 g/mol. The van der Waals surface area contributed by atoms with E-state index in [1.807, 2.05) is 27.7 Å². The molecule has 0 bridgehead atoms. The van der Waals surface area contributed by atoms with E-state index in [9.17, 15) is 5.11 Å². The molecule has 4 nitrogen and oxygen atoms in total. The molecule has 0 spiro atoms. The third-order valence-electron chi connectivity index (χ3n) is 3.04. The maximum atomic E-state index is 10.7. The number of nitrogens with two attached hydrogens (primary N) is 1. The molecule has 1 aromatic rings. The Morgan fingerprint density at radius 3 is 2.47 bits per heavy atom. The van der Waals surface area contributed by atoms with Crippen molar-refractivity contribution in [2.24, 2.45) is 11.1 Å². The molecule has 17 heavy (non-hydrogen) atoms. The standard InChI is InChI=1S/C13H22N2O2/c1-5-17-11-6-10(7-15-8-11)13(16,9-14)12(2,3)4/h6-8,16H,5,9,14H2,1-4H3. The minimum Gasteiger partial charge on any atom is -0.492 e. The number of aliphatic hydroxyl groups is 1. The Hall–Kier alpha value is -1.13. The van der Waals surface area contributed by atoms with Gasteiger partial charge < -0.3 is 15.6 Å². The minimum absolute atomic E-state index is 0.147. The molecule has 96 valence electrons. The van der Waals surface area contributed by atoms with Crippen LogP contribution in [0.15, 0.2) is 18.5 Å². The van der Waals surface area contributed by atoms with E-state index in [0.717, 1.165) is 0 Å². The van der Waals surface area contributed by atoms with Gasteiger partial charge in [-0.2, -0.15) is 0 Å². The van der Waals surface area contributed by atoms with Crippen LogP contribution in [-0.4, -0.2) is 23.2 Å². The first-order valence-corrected chi connectivity index (χ1v) is 5.86. The highest BCUT2D eigenvalue weighted by Crippen LogP contribution is 2.38. The SMILES string of the molecule is CCOc1cncc(C(O)(CN)C(C)(C)C)c1. The molecule has 0 saturated heterocycles. The van der Waals surface area contributed by atoms with Crippen LogP contribution >= 0.6 is 0 Å². The Bertz CT molecular complexity index is 374. The summed E-state index contributed by atoms with van der Waals surface area (Å²) in [6.45, 7) is 8.48. The van der Waals surface area contributed by atoms with Crippen molar-refractivity contribution in [1.29, 1.82) is 0 Å². The summed E-state index contributed by atoms with van der Waals surface area (Å²) in [6, 6.07) is 1.80. The zero-order valence-electron chi connectivity index (χ0n) is 11.0. The molecule has 0 amide bonds. The summed E-state index contributed by atoms with van der Waals surface area (Å²) >= 11 is 0. The van der Waals surface area contributed by atoms with Crippen molar-refractivity contribution in [3.63, 3.8) is 0 Å². The summed E-state index contributed by atoms with van der Waals surface area (Å²) < 4.78 is 5.38. The van der Waals surface area contributed by atoms with Crippen LogP contribution in [0.25, 0.3) is 0 Å². The van der Waals surface area contributed by atoms with E-state index < -0.39 is 5.60 Å². The fraction of sp³-hybridized carbons (Fsp3) is 0.615. The van der Waals surface area contributed by atoms with Gasteiger partial charge in [-0.1, -0.05) is 20.8 Å². The van der Waals surface area contributed by atoms with E-state index in [1.54, 1.807) is 18.5 Å². The highest BCUT2D eigenvalue weighted by Gasteiger charge is 2.40. The zero-order chi connectivity index (χ0) is 13.1. The van der Waals surface area contributed by atoms with Crippen LogP contribution < -0.4 is 10.5 Å². The lowest BCUT2D eigenvalue weighted by Crippen LogP contribution is -2.46. The molecule has 0 fully saturated rings.